The molecule has 1 aliphatic heterocycles. The average Bonchev–Trinajstić information content (AvgIpc) is 2.52. The van der Waals surface area contributed by atoms with Gasteiger partial charge in [0.15, 0.2) is 0 Å². The molecule has 88 valence electrons. The van der Waals surface area contributed by atoms with E-state index in [1.165, 1.54) is 16.8 Å². The Balaban J connectivity index is 2.28. The number of aliphatic hydroxyl groups excluding tert-OH is 1. The van der Waals surface area contributed by atoms with Gasteiger partial charge in [-0.2, -0.15) is 0 Å². The van der Waals surface area contributed by atoms with Gasteiger partial charge in [-0.15, -0.1) is 0 Å². The number of nitrogens with zero attached hydrogens (tertiary/aromatic N) is 1. The standard InChI is InChI=1S/C14H21NO/c1-4-15-10(2)7-13-6-5-12(8-11(3)16)9-14(13)15/h5-6,9-11,16H,4,7-8H2,1-3H3. The fraction of sp³-hybridized carbons (Fsp3) is 0.571. The molecule has 2 nitrogen and oxygen atoms in total. The highest BCUT2D eigenvalue weighted by Gasteiger charge is 2.24. The summed E-state index contributed by atoms with van der Waals surface area (Å²) in [6.45, 7) is 7.38. The van der Waals surface area contributed by atoms with Gasteiger partial charge in [0.25, 0.3) is 0 Å². The van der Waals surface area contributed by atoms with Crippen molar-refractivity contribution in [2.75, 3.05) is 11.4 Å². The predicted octanol–water partition coefficient (Wildman–Crippen LogP) is 2.38. The van der Waals surface area contributed by atoms with Crippen molar-refractivity contribution in [2.45, 2.75) is 45.8 Å². The molecule has 1 aliphatic rings. The minimum absolute atomic E-state index is 0.257. The van der Waals surface area contributed by atoms with Crippen LogP contribution in [0.25, 0.3) is 0 Å². The predicted molar refractivity (Wildman–Crippen MR) is 68.0 cm³/mol. The maximum absolute atomic E-state index is 9.42. The van der Waals surface area contributed by atoms with Gasteiger partial charge in [0.05, 0.1) is 6.10 Å². The van der Waals surface area contributed by atoms with Crippen molar-refractivity contribution in [1.82, 2.24) is 0 Å². The zero-order valence-corrected chi connectivity index (χ0v) is 10.4. The Morgan fingerprint density at radius 1 is 1.50 bits per heavy atom. The first-order valence-electron chi connectivity index (χ1n) is 6.18. The summed E-state index contributed by atoms with van der Waals surface area (Å²) in [5.41, 5.74) is 4.05. The minimum Gasteiger partial charge on any atom is -0.393 e. The smallest absolute Gasteiger partial charge is 0.0552 e. The molecule has 0 amide bonds. The van der Waals surface area contributed by atoms with Crippen LogP contribution in [0.3, 0.4) is 0 Å². The van der Waals surface area contributed by atoms with Crippen molar-refractivity contribution in [3.63, 3.8) is 0 Å². The van der Waals surface area contributed by atoms with Crippen LogP contribution in [0, 0.1) is 0 Å². The zero-order valence-electron chi connectivity index (χ0n) is 10.4. The van der Waals surface area contributed by atoms with Crippen molar-refractivity contribution in [2.24, 2.45) is 0 Å². The Kier molecular flexibility index (Phi) is 3.20. The van der Waals surface area contributed by atoms with E-state index in [9.17, 15) is 5.11 Å². The largest absolute Gasteiger partial charge is 0.393 e. The number of rotatable bonds is 3. The molecule has 1 heterocycles. The number of hydrogen-bond donors (Lipinski definition) is 1. The Morgan fingerprint density at radius 3 is 2.88 bits per heavy atom. The number of fused-ring (bicyclic) bond motifs is 1. The van der Waals surface area contributed by atoms with Crippen LogP contribution < -0.4 is 4.90 Å². The summed E-state index contributed by atoms with van der Waals surface area (Å²) in [6, 6.07) is 7.23. The van der Waals surface area contributed by atoms with Gasteiger partial charge in [-0.1, -0.05) is 12.1 Å². The maximum atomic E-state index is 9.42. The molecular weight excluding hydrogens is 198 g/mol. The lowest BCUT2D eigenvalue weighted by Gasteiger charge is -2.23. The summed E-state index contributed by atoms with van der Waals surface area (Å²) >= 11 is 0. The highest BCUT2D eigenvalue weighted by atomic mass is 16.3. The summed E-state index contributed by atoms with van der Waals surface area (Å²) in [5.74, 6) is 0. The highest BCUT2D eigenvalue weighted by Crippen LogP contribution is 2.32. The van der Waals surface area contributed by atoms with Crippen molar-refractivity contribution in [1.29, 1.82) is 0 Å². The molecule has 2 rings (SSSR count). The quantitative estimate of drug-likeness (QED) is 0.843. The third kappa shape index (κ3) is 2.07. The van der Waals surface area contributed by atoms with Gasteiger partial charge in [0.1, 0.15) is 0 Å². The van der Waals surface area contributed by atoms with Crippen molar-refractivity contribution < 1.29 is 5.11 Å². The van der Waals surface area contributed by atoms with Crippen LogP contribution in [0.1, 0.15) is 31.9 Å². The number of anilines is 1. The first kappa shape index (κ1) is 11.5. The second kappa shape index (κ2) is 4.46. The van der Waals surface area contributed by atoms with Crippen LogP contribution in [0.4, 0.5) is 5.69 Å². The third-order valence-corrected chi connectivity index (χ3v) is 3.38. The molecular formula is C14H21NO. The molecule has 0 spiro atoms. The Morgan fingerprint density at radius 2 is 2.25 bits per heavy atom. The first-order chi connectivity index (χ1) is 7.61. The van der Waals surface area contributed by atoms with Crippen molar-refractivity contribution in [3.8, 4) is 0 Å². The van der Waals surface area contributed by atoms with E-state index >= 15 is 0 Å². The molecule has 2 unspecified atom stereocenters. The second-order valence-electron chi connectivity index (χ2n) is 4.86. The van der Waals surface area contributed by atoms with E-state index in [-0.39, 0.29) is 6.10 Å². The SMILES string of the molecule is CCN1c2cc(CC(C)O)ccc2CC1C. The van der Waals surface area contributed by atoms with E-state index in [1.807, 2.05) is 6.92 Å². The fourth-order valence-electron chi connectivity index (χ4n) is 2.67. The van der Waals surface area contributed by atoms with E-state index in [2.05, 4.69) is 36.9 Å². The zero-order chi connectivity index (χ0) is 11.7. The van der Waals surface area contributed by atoms with Crippen molar-refractivity contribution in [3.05, 3.63) is 29.3 Å². The minimum atomic E-state index is -0.257. The summed E-state index contributed by atoms with van der Waals surface area (Å²) < 4.78 is 0. The second-order valence-corrected chi connectivity index (χ2v) is 4.86. The van der Waals surface area contributed by atoms with E-state index in [0.717, 1.165) is 19.4 Å². The van der Waals surface area contributed by atoms with E-state index in [1.54, 1.807) is 0 Å². The molecule has 1 aromatic rings. The molecule has 1 N–H and O–H groups in total. The van der Waals surface area contributed by atoms with Gasteiger partial charge < -0.3 is 10.0 Å². The Bertz CT molecular complexity index is 373. The molecule has 2 atom stereocenters. The van der Waals surface area contributed by atoms with E-state index in [4.69, 9.17) is 0 Å². The molecule has 0 aliphatic carbocycles. The van der Waals surface area contributed by atoms with Gasteiger partial charge in [-0.25, -0.2) is 0 Å². The van der Waals surface area contributed by atoms with Gasteiger partial charge in [-0.05, 0) is 50.8 Å². The van der Waals surface area contributed by atoms with Crippen LogP contribution in [0.15, 0.2) is 18.2 Å². The van der Waals surface area contributed by atoms with Gasteiger partial charge in [-0.3, -0.25) is 0 Å². The highest BCUT2D eigenvalue weighted by molar-refractivity contribution is 5.60. The number of benzene rings is 1. The lowest BCUT2D eigenvalue weighted by atomic mass is 10.0. The Hall–Kier alpha value is -1.02. The van der Waals surface area contributed by atoms with Crippen LogP contribution in [-0.2, 0) is 12.8 Å². The third-order valence-electron chi connectivity index (χ3n) is 3.38. The summed E-state index contributed by atoms with van der Waals surface area (Å²) in [6.07, 6.45) is 1.64. The molecule has 2 heteroatoms. The number of likely N-dealkylation sites (N-methyl/N-ethyl adjacent to an activating group) is 1. The maximum Gasteiger partial charge on any atom is 0.0552 e. The molecule has 1 aromatic carbocycles. The molecule has 0 fully saturated rings. The van der Waals surface area contributed by atoms with Crippen molar-refractivity contribution >= 4 is 5.69 Å². The summed E-state index contributed by atoms with van der Waals surface area (Å²) in [7, 11) is 0. The van der Waals surface area contributed by atoms with Crippen LogP contribution in [0.2, 0.25) is 0 Å². The first-order valence-corrected chi connectivity index (χ1v) is 6.18. The lowest BCUT2D eigenvalue weighted by Crippen LogP contribution is -2.28. The fourth-order valence-corrected chi connectivity index (χ4v) is 2.67. The van der Waals surface area contributed by atoms with Crippen LogP contribution in [-0.4, -0.2) is 23.8 Å². The molecule has 0 radical (unpaired) electrons. The van der Waals surface area contributed by atoms with E-state index in [0.29, 0.717) is 6.04 Å². The van der Waals surface area contributed by atoms with Gasteiger partial charge >= 0.3 is 0 Å². The molecule has 0 aromatic heterocycles. The monoisotopic (exact) mass is 219 g/mol. The summed E-state index contributed by atoms with van der Waals surface area (Å²) in [4.78, 5) is 2.45. The topological polar surface area (TPSA) is 23.5 Å². The molecule has 0 bridgehead atoms. The number of hydrogen-bond acceptors (Lipinski definition) is 2. The van der Waals surface area contributed by atoms with Crippen LogP contribution in [0.5, 0.6) is 0 Å². The molecule has 16 heavy (non-hydrogen) atoms. The summed E-state index contributed by atoms with van der Waals surface area (Å²) in [5, 5.41) is 9.42. The average molecular weight is 219 g/mol. The molecule has 0 saturated carbocycles. The van der Waals surface area contributed by atoms with Gasteiger partial charge in [0.2, 0.25) is 0 Å². The molecule has 0 saturated heterocycles. The Labute approximate surface area is 97.9 Å². The normalized spacial score (nSPS) is 21.0. The van der Waals surface area contributed by atoms with E-state index < -0.39 is 0 Å². The number of aliphatic hydroxyl groups is 1. The van der Waals surface area contributed by atoms with Crippen LogP contribution >= 0.6 is 0 Å². The lowest BCUT2D eigenvalue weighted by molar-refractivity contribution is 0.195. The van der Waals surface area contributed by atoms with Gasteiger partial charge in [0, 0.05) is 18.3 Å².